The van der Waals surface area contributed by atoms with Crippen LogP contribution in [0.5, 0.6) is 0 Å². The number of hydrogen-bond acceptors (Lipinski definition) is 5. The van der Waals surface area contributed by atoms with Crippen molar-refractivity contribution in [2.24, 2.45) is 0 Å². The Labute approximate surface area is 99.8 Å². The molecule has 0 aliphatic heterocycles. The molecule has 4 nitrogen and oxygen atoms in total. The van der Waals surface area contributed by atoms with E-state index in [4.69, 9.17) is 11.0 Å². The molecular weight excluding hydrogens is 220 g/mol. The molecule has 0 amide bonds. The highest BCUT2D eigenvalue weighted by Gasteiger charge is 2.23. The molecule has 16 heavy (non-hydrogen) atoms. The first-order valence-electron chi connectivity index (χ1n) is 5.62. The van der Waals surface area contributed by atoms with Crippen LogP contribution < -0.4 is 10.6 Å². The first-order valence-corrected chi connectivity index (χ1v) is 6.39. The topological polar surface area (TPSA) is 65.9 Å². The van der Waals surface area contributed by atoms with E-state index in [-0.39, 0.29) is 0 Å². The van der Waals surface area contributed by atoms with Gasteiger partial charge in [-0.1, -0.05) is 19.3 Å². The zero-order valence-electron chi connectivity index (χ0n) is 9.44. The Kier molecular flexibility index (Phi) is 3.30. The Hall–Kier alpha value is -1.28. The second kappa shape index (κ2) is 4.71. The predicted octanol–water partition coefficient (Wildman–Crippen LogP) is 2.37. The third kappa shape index (κ3) is 1.98. The van der Waals surface area contributed by atoms with Crippen molar-refractivity contribution in [3.63, 3.8) is 0 Å². The SMILES string of the molecule is CN(c1snc(N)c1C#N)C1CCCCC1. The average molecular weight is 236 g/mol. The molecule has 1 fully saturated rings. The molecule has 0 spiro atoms. The molecule has 5 heteroatoms. The van der Waals surface area contributed by atoms with Crippen molar-refractivity contribution in [2.75, 3.05) is 17.7 Å². The van der Waals surface area contributed by atoms with Gasteiger partial charge in [-0.2, -0.15) is 9.64 Å². The fraction of sp³-hybridized carbons (Fsp3) is 0.636. The molecule has 0 aromatic carbocycles. The maximum Gasteiger partial charge on any atom is 0.157 e. The molecule has 0 unspecified atom stereocenters. The summed E-state index contributed by atoms with van der Waals surface area (Å²) < 4.78 is 4.06. The number of nitrogens with two attached hydrogens (primary N) is 1. The molecule has 0 radical (unpaired) electrons. The Morgan fingerprint density at radius 2 is 2.12 bits per heavy atom. The van der Waals surface area contributed by atoms with Crippen LogP contribution in [0, 0.1) is 11.3 Å². The molecule has 1 aromatic rings. The third-order valence-corrected chi connectivity index (χ3v) is 4.21. The van der Waals surface area contributed by atoms with Crippen molar-refractivity contribution in [1.82, 2.24) is 4.37 Å². The lowest BCUT2D eigenvalue weighted by atomic mass is 9.94. The van der Waals surface area contributed by atoms with Crippen molar-refractivity contribution in [1.29, 1.82) is 5.26 Å². The van der Waals surface area contributed by atoms with Gasteiger partial charge in [-0.15, -0.1) is 0 Å². The summed E-state index contributed by atoms with van der Waals surface area (Å²) in [6, 6.07) is 2.69. The first-order chi connectivity index (χ1) is 7.74. The summed E-state index contributed by atoms with van der Waals surface area (Å²) in [6.45, 7) is 0. The van der Waals surface area contributed by atoms with Crippen LogP contribution in [0.4, 0.5) is 10.8 Å². The summed E-state index contributed by atoms with van der Waals surface area (Å²) >= 11 is 1.33. The number of nitrogens with zero attached hydrogens (tertiary/aromatic N) is 3. The highest BCUT2D eigenvalue weighted by atomic mass is 32.1. The molecule has 0 atom stereocenters. The summed E-state index contributed by atoms with van der Waals surface area (Å²) in [5.41, 5.74) is 6.21. The Balaban J connectivity index is 2.19. The summed E-state index contributed by atoms with van der Waals surface area (Å²) in [5.74, 6) is 0.366. The molecule has 86 valence electrons. The summed E-state index contributed by atoms with van der Waals surface area (Å²) in [4.78, 5) is 2.19. The van der Waals surface area contributed by atoms with Gasteiger partial charge in [-0.3, -0.25) is 0 Å². The second-order valence-corrected chi connectivity index (χ2v) is 5.01. The number of nitriles is 1. The van der Waals surface area contributed by atoms with Crippen molar-refractivity contribution < 1.29 is 0 Å². The van der Waals surface area contributed by atoms with Gasteiger partial charge < -0.3 is 10.6 Å². The lowest BCUT2D eigenvalue weighted by Gasteiger charge is -2.31. The summed E-state index contributed by atoms with van der Waals surface area (Å²) in [5, 5.41) is 9.97. The summed E-state index contributed by atoms with van der Waals surface area (Å²) in [7, 11) is 2.05. The van der Waals surface area contributed by atoms with Crippen molar-refractivity contribution >= 4 is 22.4 Å². The zero-order valence-corrected chi connectivity index (χ0v) is 10.3. The highest BCUT2D eigenvalue weighted by molar-refractivity contribution is 7.10. The van der Waals surface area contributed by atoms with E-state index < -0.39 is 0 Å². The van der Waals surface area contributed by atoms with Gasteiger partial charge in [0.05, 0.1) is 0 Å². The number of anilines is 2. The molecule has 2 N–H and O–H groups in total. The number of rotatable bonds is 2. The lowest BCUT2D eigenvalue weighted by molar-refractivity contribution is 0.428. The molecule has 0 saturated heterocycles. The Morgan fingerprint density at radius 3 is 2.75 bits per heavy atom. The van der Waals surface area contributed by atoms with Crippen LogP contribution in [-0.2, 0) is 0 Å². The van der Waals surface area contributed by atoms with Crippen LogP contribution >= 0.6 is 11.5 Å². The summed E-state index contributed by atoms with van der Waals surface area (Å²) in [6.07, 6.45) is 6.31. The fourth-order valence-corrected chi connectivity index (χ4v) is 3.07. The van der Waals surface area contributed by atoms with Crippen LogP contribution in [-0.4, -0.2) is 17.5 Å². The minimum Gasteiger partial charge on any atom is -0.382 e. The van der Waals surface area contributed by atoms with E-state index in [0.29, 0.717) is 17.4 Å². The number of aromatic nitrogens is 1. The minimum atomic E-state index is 0.366. The molecule has 1 heterocycles. The van der Waals surface area contributed by atoms with E-state index in [2.05, 4.69) is 15.3 Å². The smallest absolute Gasteiger partial charge is 0.157 e. The molecule has 1 aliphatic carbocycles. The van der Waals surface area contributed by atoms with Gasteiger partial charge in [0, 0.05) is 13.1 Å². The van der Waals surface area contributed by atoms with Crippen LogP contribution in [0.2, 0.25) is 0 Å². The predicted molar refractivity (Wildman–Crippen MR) is 66.5 cm³/mol. The van der Waals surface area contributed by atoms with E-state index in [0.717, 1.165) is 5.00 Å². The van der Waals surface area contributed by atoms with Gasteiger partial charge in [-0.05, 0) is 24.4 Å². The number of nitrogen functional groups attached to an aromatic ring is 1. The molecule has 1 aromatic heterocycles. The van der Waals surface area contributed by atoms with Gasteiger partial charge in [0.2, 0.25) is 0 Å². The maximum absolute atomic E-state index is 9.05. The molecular formula is C11H16N4S. The van der Waals surface area contributed by atoms with Crippen molar-refractivity contribution in [3.05, 3.63) is 5.56 Å². The van der Waals surface area contributed by atoms with E-state index in [9.17, 15) is 0 Å². The standard InChI is InChI=1S/C11H16N4S/c1-15(8-5-3-2-4-6-8)11-9(7-12)10(13)14-16-11/h8H,2-6H2,1H3,(H2,13,14). The van der Waals surface area contributed by atoms with E-state index in [1.54, 1.807) is 0 Å². The molecule has 0 bridgehead atoms. The van der Waals surface area contributed by atoms with Gasteiger partial charge >= 0.3 is 0 Å². The van der Waals surface area contributed by atoms with Crippen LogP contribution in [0.1, 0.15) is 37.7 Å². The largest absolute Gasteiger partial charge is 0.382 e. The van der Waals surface area contributed by atoms with Gasteiger partial charge in [0.15, 0.2) is 5.82 Å². The van der Waals surface area contributed by atoms with E-state index in [1.165, 1.54) is 43.6 Å². The molecule has 2 rings (SSSR count). The monoisotopic (exact) mass is 236 g/mol. The van der Waals surface area contributed by atoms with E-state index in [1.807, 2.05) is 7.05 Å². The Morgan fingerprint density at radius 1 is 1.44 bits per heavy atom. The third-order valence-electron chi connectivity index (χ3n) is 3.26. The van der Waals surface area contributed by atoms with Gasteiger partial charge in [0.1, 0.15) is 16.6 Å². The van der Waals surface area contributed by atoms with Crippen molar-refractivity contribution in [3.8, 4) is 6.07 Å². The van der Waals surface area contributed by atoms with Crippen molar-refractivity contribution in [2.45, 2.75) is 38.1 Å². The van der Waals surface area contributed by atoms with Crippen LogP contribution in [0.25, 0.3) is 0 Å². The number of hydrogen-bond donors (Lipinski definition) is 1. The fourth-order valence-electron chi connectivity index (χ4n) is 2.27. The lowest BCUT2D eigenvalue weighted by Crippen LogP contribution is -2.33. The van der Waals surface area contributed by atoms with Gasteiger partial charge in [-0.25, -0.2) is 0 Å². The maximum atomic E-state index is 9.05. The Bertz CT molecular complexity index is 401. The second-order valence-electron chi connectivity index (χ2n) is 4.26. The normalized spacial score (nSPS) is 17.0. The van der Waals surface area contributed by atoms with E-state index >= 15 is 0 Å². The minimum absolute atomic E-state index is 0.366. The average Bonchev–Trinajstić information content (AvgIpc) is 2.70. The quantitative estimate of drug-likeness (QED) is 0.856. The molecule has 1 saturated carbocycles. The highest BCUT2D eigenvalue weighted by Crippen LogP contribution is 2.33. The zero-order chi connectivity index (χ0) is 11.5. The van der Waals surface area contributed by atoms with Crippen LogP contribution in [0.3, 0.4) is 0 Å². The molecule has 1 aliphatic rings. The first kappa shape index (κ1) is 11.2. The van der Waals surface area contributed by atoms with Crippen LogP contribution in [0.15, 0.2) is 0 Å². The van der Waals surface area contributed by atoms with Gasteiger partial charge in [0.25, 0.3) is 0 Å².